The van der Waals surface area contributed by atoms with Gasteiger partial charge >= 0.3 is 0 Å². The van der Waals surface area contributed by atoms with E-state index in [4.69, 9.17) is 12.2 Å². The Morgan fingerprint density at radius 3 is 2.80 bits per heavy atom. The Morgan fingerprint density at radius 1 is 1.47 bits per heavy atom. The minimum absolute atomic E-state index is 0.0147. The average molecular weight is 220 g/mol. The molecule has 1 fully saturated rings. The number of anilines is 1. The van der Waals surface area contributed by atoms with Gasteiger partial charge in [0.25, 0.3) is 5.91 Å². The van der Waals surface area contributed by atoms with Crippen LogP contribution in [0.15, 0.2) is 24.3 Å². The molecule has 1 aliphatic rings. The van der Waals surface area contributed by atoms with E-state index in [0.717, 1.165) is 17.7 Å². The number of hydrogen-bond acceptors (Lipinski definition) is 2. The summed E-state index contributed by atoms with van der Waals surface area (Å²) in [6, 6.07) is 7.83. The fourth-order valence-corrected chi connectivity index (χ4v) is 1.97. The van der Waals surface area contributed by atoms with E-state index in [-0.39, 0.29) is 5.91 Å². The number of para-hydroxylation sites is 1. The average Bonchev–Trinajstić information content (AvgIpc) is 2.59. The Bertz CT molecular complexity index is 401. The quantitative estimate of drug-likeness (QED) is 0.766. The highest BCUT2D eigenvalue weighted by Crippen LogP contribution is 2.22. The van der Waals surface area contributed by atoms with Crippen LogP contribution in [0.3, 0.4) is 0 Å². The van der Waals surface area contributed by atoms with E-state index < -0.39 is 0 Å². The fourth-order valence-electron chi connectivity index (χ4n) is 1.69. The van der Waals surface area contributed by atoms with Gasteiger partial charge in [0, 0.05) is 0 Å². The molecule has 0 atom stereocenters. The van der Waals surface area contributed by atoms with Gasteiger partial charge in [-0.2, -0.15) is 0 Å². The van der Waals surface area contributed by atoms with E-state index in [9.17, 15) is 4.79 Å². The standard InChI is InChI=1S/C11H12N2OS/c1-2-8-5-3-4-6-9(8)13-10(14)7-12-11(13)15/h3-6H,2,7H2,1H3,(H,12,15). The molecule has 15 heavy (non-hydrogen) atoms. The minimum Gasteiger partial charge on any atom is -0.353 e. The molecule has 0 aromatic heterocycles. The minimum atomic E-state index is 0.0147. The molecule has 0 saturated carbocycles. The molecule has 0 aliphatic carbocycles. The highest BCUT2D eigenvalue weighted by Gasteiger charge is 2.27. The predicted molar refractivity (Wildman–Crippen MR) is 63.9 cm³/mol. The lowest BCUT2D eigenvalue weighted by atomic mass is 10.1. The molecule has 2 rings (SSSR count). The molecule has 1 N–H and O–H groups in total. The van der Waals surface area contributed by atoms with Crippen LogP contribution in [0, 0.1) is 0 Å². The first-order chi connectivity index (χ1) is 7.24. The summed E-state index contributed by atoms with van der Waals surface area (Å²) in [6.45, 7) is 2.37. The number of carbonyl (C=O) groups excluding carboxylic acids is 1. The lowest BCUT2D eigenvalue weighted by Gasteiger charge is -2.17. The molecular formula is C11H12N2OS. The van der Waals surface area contributed by atoms with Crippen molar-refractivity contribution < 1.29 is 4.79 Å². The van der Waals surface area contributed by atoms with Gasteiger partial charge in [0.2, 0.25) is 0 Å². The molecule has 3 nitrogen and oxygen atoms in total. The first kappa shape index (κ1) is 10.1. The second-order valence-corrected chi connectivity index (χ2v) is 3.76. The molecule has 1 aromatic rings. The van der Waals surface area contributed by atoms with Crippen molar-refractivity contribution in [2.24, 2.45) is 0 Å². The topological polar surface area (TPSA) is 32.3 Å². The molecule has 78 valence electrons. The summed E-state index contributed by atoms with van der Waals surface area (Å²) in [6.07, 6.45) is 0.891. The molecule has 1 aliphatic heterocycles. The molecule has 1 saturated heterocycles. The van der Waals surface area contributed by atoms with Crippen LogP contribution in [0.5, 0.6) is 0 Å². The van der Waals surface area contributed by atoms with Gasteiger partial charge in [0.15, 0.2) is 5.11 Å². The van der Waals surface area contributed by atoms with E-state index in [2.05, 4.69) is 12.2 Å². The highest BCUT2D eigenvalue weighted by molar-refractivity contribution is 7.80. The maximum atomic E-state index is 11.6. The predicted octanol–water partition coefficient (Wildman–Crippen LogP) is 1.47. The number of amides is 1. The normalized spacial score (nSPS) is 15.7. The summed E-state index contributed by atoms with van der Waals surface area (Å²) < 4.78 is 0. The lowest BCUT2D eigenvalue weighted by molar-refractivity contribution is -0.115. The molecule has 0 bridgehead atoms. The third-order valence-electron chi connectivity index (χ3n) is 2.46. The monoisotopic (exact) mass is 220 g/mol. The summed E-state index contributed by atoms with van der Waals surface area (Å²) in [4.78, 5) is 13.2. The van der Waals surface area contributed by atoms with Crippen molar-refractivity contribution in [1.82, 2.24) is 5.32 Å². The van der Waals surface area contributed by atoms with Gasteiger partial charge in [-0.3, -0.25) is 9.69 Å². The van der Waals surface area contributed by atoms with E-state index in [1.54, 1.807) is 4.90 Å². The van der Waals surface area contributed by atoms with Crippen LogP contribution in [-0.2, 0) is 11.2 Å². The Balaban J connectivity index is 2.44. The molecule has 4 heteroatoms. The first-order valence-electron chi connectivity index (χ1n) is 4.92. The van der Waals surface area contributed by atoms with Crippen molar-refractivity contribution in [1.29, 1.82) is 0 Å². The van der Waals surface area contributed by atoms with Crippen molar-refractivity contribution in [3.63, 3.8) is 0 Å². The number of nitrogens with one attached hydrogen (secondary N) is 1. The number of carbonyl (C=O) groups is 1. The highest BCUT2D eigenvalue weighted by atomic mass is 32.1. The van der Waals surface area contributed by atoms with Crippen molar-refractivity contribution in [2.45, 2.75) is 13.3 Å². The second-order valence-electron chi connectivity index (χ2n) is 3.37. The Morgan fingerprint density at radius 2 is 2.20 bits per heavy atom. The third kappa shape index (κ3) is 1.72. The maximum absolute atomic E-state index is 11.6. The van der Waals surface area contributed by atoms with Crippen LogP contribution in [0.4, 0.5) is 5.69 Å². The van der Waals surface area contributed by atoms with Crippen LogP contribution in [-0.4, -0.2) is 17.6 Å². The summed E-state index contributed by atoms with van der Waals surface area (Å²) >= 11 is 5.10. The Labute approximate surface area is 94.1 Å². The number of nitrogens with zero attached hydrogens (tertiary/aromatic N) is 1. The van der Waals surface area contributed by atoms with Gasteiger partial charge in [-0.25, -0.2) is 0 Å². The number of aryl methyl sites for hydroxylation is 1. The van der Waals surface area contributed by atoms with Crippen LogP contribution in [0.1, 0.15) is 12.5 Å². The smallest absolute Gasteiger partial charge is 0.252 e. The largest absolute Gasteiger partial charge is 0.353 e. The number of benzene rings is 1. The Hall–Kier alpha value is -1.42. The SMILES string of the molecule is CCc1ccccc1N1C(=O)CNC1=S. The van der Waals surface area contributed by atoms with Gasteiger partial charge in [0.1, 0.15) is 0 Å². The summed E-state index contributed by atoms with van der Waals surface area (Å²) in [5.74, 6) is 0.0147. The van der Waals surface area contributed by atoms with Crippen molar-refractivity contribution in [3.8, 4) is 0 Å². The van der Waals surface area contributed by atoms with E-state index in [1.807, 2.05) is 24.3 Å². The molecule has 0 spiro atoms. The maximum Gasteiger partial charge on any atom is 0.252 e. The zero-order chi connectivity index (χ0) is 10.8. The second kappa shape index (κ2) is 3.98. The summed E-state index contributed by atoms with van der Waals surface area (Å²) in [5.41, 5.74) is 2.04. The number of thiocarbonyl (C=S) groups is 1. The molecule has 1 aromatic carbocycles. The van der Waals surface area contributed by atoms with Gasteiger partial charge in [-0.05, 0) is 30.3 Å². The van der Waals surface area contributed by atoms with Crippen molar-refractivity contribution in [2.75, 3.05) is 11.4 Å². The Kier molecular flexibility index (Phi) is 2.68. The van der Waals surface area contributed by atoms with Gasteiger partial charge in [0.05, 0.1) is 12.2 Å². The third-order valence-corrected chi connectivity index (χ3v) is 2.78. The first-order valence-corrected chi connectivity index (χ1v) is 5.33. The summed E-state index contributed by atoms with van der Waals surface area (Å²) in [5, 5.41) is 3.38. The number of rotatable bonds is 2. The van der Waals surface area contributed by atoms with Crippen LogP contribution >= 0.6 is 12.2 Å². The molecular weight excluding hydrogens is 208 g/mol. The number of hydrogen-bond donors (Lipinski definition) is 1. The van der Waals surface area contributed by atoms with Gasteiger partial charge in [-0.1, -0.05) is 25.1 Å². The summed E-state index contributed by atoms with van der Waals surface area (Å²) in [7, 11) is 0. The van der Waals surface area contributed by atoms with E-state index in [0.29, 0.717) is 11.7 Å². The lowest BCUT2D eigenvalue weighted by Crippen LogP contribution is -2.31. The zero-order valence-corrected chi connectivity index (χ0v) is 9.30. The molecule has 1 heterocycles. The molecule has 0 radical (unpaired) electrons. The van der Waals surface area contributed by atoms with Crippen LogP contribution < -0.4 is 10.2 Å². The van der Waals surface area contributed by atoms with E-state index in [1.165, 1.54) is 0 Å². The fraction of sp³-hybridized carbons (Fsp3) is 0.273. The van der Waals surface area contributed by atoms with E-state index >= 15 is 0 Å². The van der Waals surface area contributed by atoms with Crippen LogP contribution in [0.25, 0.3) is 0 Å². The molecule has 1 amide bonds. The van der Waals surface area contributed by atoms with Gasteiger partial charge < -0.3 is 5.32 Å². The van der Waals surface area contributed by atoms with Crippen LogP contribution in [0.2, 0.25) is 0 Å². The zero-order valence-electron chi connectivity index (χ0n) is 8.49. The van der Waals surface area contributed by atoms with Crippen molar-refractivity contribution in [3.05, 3.63) is 29.8 Å². The van der Waals surface area contributed by atoms with Gasteiger partial charge in [-0.15, -0.1) is 0 Å². The van der Waals surface area contributed by atoms with Crippen molar-refractivity contribution >= 4 is 28.9 Å². The molecule has 0 unspecified atom stereocenters.